The van der Waals surface area contributed by atoms with Crippen LogP contribution in [0.15, 0.2) is 24.3 Å². The Balaban J connectivity index is 1.33. The van der Waals surface area contributed by atoms with Gasteiger partial charge in [-0.3, -0.25) is 14.5 Å². The van der Waals surface area contributed by atoms with Crippen molar-refractivity contribution in [3.8, 4) is 6.07 Å². The quantitative estimate of drug-likeness (QED) is 0.759. The normalized spacial score (nSPS) is 18.9. The molecule has 0 saturated carbocycles. The second kappa shape index (κ2) is 9.39. The number of thiophene rings is 1. The zero-order chi connectivity index (χ0) is 22.0. The molecule has 2 amide bonds. The number of carbonyl (C=O) groups is 2. The van der Waals surface area contributed by atoms with Gasteiger partial charge in [0.2, 0.25) is 5.91 Å². The molecule has 8 heteroatoms. The van der Waals surface area contributed by atoms with E-state index in [4.69, 9.17) is 11.6 Å². The minimum Gasteiger partial charge on any atom is -0.336 e. The number of benzene rings is 1. The number of nitrogens with zero attached hydrogens (tertiary/aromatic N) is 3. The summed E-state index contributed by atoms with van der Waals surface area (Å²) in [7, 11) is 0. The minimum atomic E-state index is -0.117. The van der Waals surface area contributed by atoms with Crippen molar-refractivity contribution in [3.05, 3.63) is 50.9 Å². The predicted molar refractivity (Wildman–Crippen MR) is 123 cm³/mol. The molecule has 2 aliphatic rings. The van der Waals surface area contributed by atoms with E-state index in [1.165, 1.54) is 4.88 Å². The maximum atomic E-state index is 12.7. The molecule has 2 heterocycles. The Morgan fingerprint density at radius 2 is 2.00 bits per heavy atom. The van der Waals surface area contributed by atoms with Gasteiger partial charge in [0.15, 0.2) is 0 Å². The first-order valence-electron chi connectivity index (χ1n) is 10.6. The number of amides is 2. The summed E-state index contributed by atoms with van der Waals surface area (Å²) in [4.78, 5) is 30.4. The first-order chi connectivity index (χ1) is 15.0. The average molecular weight is 457 g/mol. The average Bonchev–Trinajstić information content (AvgIpc) is 3.09. The van der Waals surface area contributed by atoms with Gasteiger partial charge in [-0.1, -0.05) is 30.7 Å². The van der Waals surface area contributed by atoms with Crippen LogP contribution in [0.25, 0.3) is 0 Å². The first-order valence-corrected chi connectivity index (χ1v) is 11.8. The van der Waals surface area contributed by atoms with Gasteiger partial charge in [0.25, 0.3) is 5.91 Å². The molecule has 4 rings (SSSR count). The molecule has 0 radical (unpaired) electrons. The van der Waals surface area contributed by atoms with Gasteiger partial charge in [-0.25, -0.2) is 0 Å². The van der Waals surface area contributed by atoms with Crippen LogP contribution < -0.4 is 5.32 Å². The van der Waals surface area contributed by atoms with E-state index < -0.39 is 0 Å². The van der Waals surface area contributed by atoms with E-state index >= 15 is 0 Å². The van der Waals surface area contributed by atoms with Crippen LogP contribution in [0.5, 0.6) is 0 Å². The summed E-state index contributed by atoms with van der Waals surface area (Å²) in [5.41, 5.74) is 2.26. The van der Waals surface area contributed by atoms with E-state index in [1.54, 1.807) is 40.5 Å². The van der Waals surface area contributed by atoms with E-state index in [-0.39, 0.29) is 18.4 Å². The lowest BCUT2D eigenvalue weighted by molar-refractivity contribution is -0.117. The van der Waals surface area contributed by atoms with Crippen molar-refractivity contribution in [3.63, 3.8) is 0 Å². The number of hydrogen-bond donors (Lipinski definition) is 1. The highest BCUT2D eigenvalue weighted by Gasteiger charge is 2.27. The van der Waals surface area contributed by atoms with Crippen molar-refractivity contribution in [1.82, 2.24) is 9.80 Å². The maximum Gasteiger partial charge on any atom is 0.255 e. The Bertz CT molecular complexity index is 1040. The van der Waals surface area contributed by atoms with E-state index in [2.05, 4.69) is 18.3 Å². The van der Waals surface area contributed by atoms with Gasteiger partial charge in [0, 0.05) is 31.1 Å². The van der Waals surface area contributed by atoms with Gasteiger partial charge < -0.3 is 10.2 Å². The summed E-state index contributed by atoms with van der Waals surface area (Å²) in [6.45, 7) is 4.80. The molecule has 1 saturated heterocycles. The summed E-state index contributed by atoms with van der Waals surface area (Å²) < 4.78 is 0. The number of carbonyl (C=O) groups excluding carboxylic acids is 2. The van der Waals surface area contributed by atoms with Crippen LogP contribution >= 0.6 is 22.9 Å². The van der Waals surface area contributed by atoms with Crippen molar-refractivity contribution in [2.75, 3.05) is 38.0 Å². The second-order valence-corrected chi connectivity index (χ2v) is 9.78. The molecule has 162 valence electrons. The van der Waals surface area contributed by atoms with Crippen LogP contribution in [0.3, 0.4) is 0 Å². The fourth-order valence-electron chi connectivity index (χ4n) is 4.24. The first kappa shape index (κ1) is 21.8. The Hall–Kier alpha value is -2.40. The third kappa shape index (κ3) is 4.77. The Kier molecular flexibility index (Phi) is 6.61. The fourth-order valence-corrected chi connectivity index (χ4v) is 5.83. The SMILES string of the molecule is CC1CCc2c(sc(NC(=O)CN3CCN(C(=O)c4ccccc4Cl)CC3)c2C#N)C1. The van der Waals surface area contributed by atoms with E-state index in [9.17, 15) is 14.9 Å². The van der Waals surface area contributed by atoms with Crippen LogP contribution in [-0.4, -0.2) is 54.3 Å². The molecule has 1 aromatic heterocycles. The van der Waals surface area contributed by atoms with Crippen molar-refractivity contribution < 1.29 is 9.59 Å². The molecule has 0 bridgehead atoms. The summed E-state index contributed by atoms with van der Waals surface area (Å²) >= 11 is 7.70. The predicted octanol–water partition coefficient (Wildman–Crippen LogP) is 3.79. The third-order valence-electron chi connectivity index (χ3n) is 6.01. The summed E-state index contributed by atoms with van der Waals surface area (Å²) in [5.74, 6) is 0.423. The smallest absolute Gasteiger partial charge is 0.255 e. The number of anilines is 1. The number of hydrogen-bond acceptors (Lipinski definition) is 5. The number of halogens is 1. The van der Waals surface area contributed by atoms with Crippen molar-refractivity contribution in [2.24, 2.45) is 5.92 Å². The minimum absolute atomic E-state index is 0.0771. The van der Waals surface area contributed by atoms with E-state index in [0.29, 0.717) is 53.2 Å². The molecule has 1 aromatic carbocycles. The number of nitrogens with one attached hydrogen (secondary N) is 1. The lowest BCUT2D eigenvalue weighted by atomic mass is 9.89. The molecule has 1 aliphatic heterocycles. The molecule has 1 N–H and O–H groups in total. The molecular weight excluding hydrogens is 432 g/mol. The summed E-state index contributed by atoms with van der Waals surface area (Å²) in [5, 5.41) is 13.7. The van der Waals surface area contributed by atoms with Crippen LogP contribution in [0.2, 0.25) is 5.02 Å². The Morgan fingerprint density at radius 3 is 2.71 bits per heavy atom. The zero-order valence-electron chi connectivity index (χ0n) is 17.5. The van der Waals surface area contributed by atoms with Gasteiger partial charge in [0.1, 0.15) is 11.1 Å². The van der Waals surface area contributed by atoms with Gasteiger partial charge in [-0.05, 0) is 42.9 Å². The van der Waals surface area contributed by atoms with Crippen molar-refractivity contribution in [1.29, 1.82) is 5.26 Å². The largest absolute Gasteiger partial charge is 0.336 e. The van der Waals surface area contributed by atoms with Crippen molar-refractivity contribution >= 4 is 39.8 Å². The molecular formula is C23H25ClN4O2S. The highest BCUT2D eigenvalue weighted by Crippen LogP contribution is 2.39. The molecule has 2 aromatic rings. The number of rotatable bonds is 4. The van der Waals surface area contributed by atoms with Crippen LogP contribution in [0, 0.1) is 17.2 Å². The highest BCUT2D eigenvalue weighted by molar-refractivity contribution is 7.16. The maximum absolute atomic E-state index is 12.7. The zero-order valence-corrected chi connectivity index (χ0v) is 19.1. The standard InChI is InChI=1S/C23H25ClN4O2S/c1-15-6-7-16-18(13-25)22(31-20(16)12-15)26-21(29)14-27-8-10-28(11-9-27)23(30)17-4-2-3-5-19(17)24/h2-5,15H,6-12,14H2,1H3,(H,26,29). The second-order valence-electron chi connectivity index (χ2n) is 8.26. The lowest BCUT2D eigenvalue weighted by Gasteiger charge is -2.34. The molecule has 31 heavy (non-hydrogen) atoms. The lowest BCUT2D eigenvalue weighted by Crippen LogP contribution is -2.50. The molecule has 6 nitrogen and oxygen atoms in total. The van der Waals surface area contributed by atoms with E-state index in [1.807, 2.05) is 4.90 Å². The Labute approximate surface area is 191 Å². The molecule has 1 fully saturated rings. The van der Waals surface area contributed by atoms with Gasteiger partial charge in [-0.2, -0.15) is 5.26 Å². The van der Waals surface area contributed by atoms with Gasteiger partial charge in [0.05, 0.1) is 22.7 Å². The summed E-state index contributed by atoms with van der Waals surface area (Å²) in [6.07, 6.45) is 2.97. The third-order valence-corrected chi connectivity index (χ3v) is 7.51. The monoisotopic (exact) mass is 456 g/mol. The van der Waals surface area contributed by atoms with Gasteiger partial charge in [-0.15, -0.1) is 11.3 Å². The molecule has 0 spiro atoms. The number of fused-ring (bicyclic) bond motifs is 1. The van der Waals surface area contributed by atoms with Crippen LogP contribution in [0.4, 0.5) is 5.00 Å². The van der Waals surface area contributed by atoms with Crippen LogP contribution in [0.1, 0.15) is 39.7 Å². The molecule has 1 atom stereocenters. The van der Waals surface area contributed by atoms with E-state index in [0.717, 1.165) is 24.8 Å². The number of piperazine rings is 1. The molecule has 1 unspecified atom stereocenters. The number of nitriles is 1. The summed E-state index contributed by atoms with van der Waals surface area (Å²) in [6, 6.07) is 9.35. The fraction of sp³-hybridized carbons (Fsp3) is 0.435. The van der Waals surface area contributed by atoms with Crippen molar-refractivity contribution in [2.45, 2.75) is 26.2 Å². The Morgan fingerprint density at radius 1 is 1.26 bits per heavy atom. The molecule has 1 aliphatic carbocycles. The topological polar surface area (TPSA) is 76.4 Å². The highest BCUT2D eigenvalue weighted by atomic mass is 35.5. The van der Waals surface area contributed by atoms with Crippen LogP contribution in [-0.2, 0) is 17.6 Å². The van der Waals surface area contributed by atoms with Gasteiger partial charge >= 0.3 is 0 Å².